The van der Waals surface area contributed by atoms with Gasteiger partial charge in [0, 0.05) is 6.42 Å². The highest BCUT2D eigenvalue weighted by Crippen LogP contribution is 2.61. The number of allylic oxidation sites excluding steroid dienone is 2. The topological polar surface area (TPSA) is 17.1 Å². The molecule has 0 saturated heterocycles. The number of Topliss-reactive ketones (excluding diaryl/α,β-unsaturated/α-hetero) is 1. The van der Waals surface area contributed by atoms with Crippen LogP contribution in [0.25, 0.3) is 0 Å². The molecule has 1 fully saturated rings. The number of carbonyl (C=O) groups excluding carboxylic acids is 1. The number of ketones is 1. The van der Waals surface area contributed by atoms with E-state index in [2.05, 4.69) is 40.4 Å². The van der Waals surface area contributed by atoms with Gasteiger partial charge < -0.3 is 0 Å². The van der Waals surface area contributed by atoms with E-state index >= 15 is 0 Å². The third-order valence-corrected chi connectivity index (χ3v) is 7.82. The molecule has 2 aliphatic carbocycles. The minimum absolute atomic E-state index is 0.110. The Hall–Kier alpha value is -0.373. The van der Waals surface area contributed by atoms with Crippen molar-refractivity contribution in [3.63, 3.8) is 0 Å². The summed E-state index contributed by atoms with van der Waals surface area (Å²) in [4.78, 5) is 12.7. The predicted molar refractivity (Wildman–Crippen MR) is 80.4 cm³/mol. The average molecular weight is 264 g/mol. The van der Waals surface area contributed by atoms with Gasteiger partial charge in [-0.1, -0.05) is 50.7 Å². The normalized spacial score (nSPS) is 32.4. The zero-order valence-corrected chi connectivity index (χ0v) is 13.9. The van der Waals surface area contributed by atoms with Crippen molar-refractivity contribution >= 4 is 13.9 Å². The van der Waals surface area contributed by atoms with E-state index in [0.717, 1.165) is 25.7 Å². The lowest BCUT2D eigenvalue weighted by Crippen LogP contribution is -2.44. The summed E-state index contributed by atoms with van der Waals surface area (Å²) in [5.41, 5.74) is 1.50. The molecule has 0 aliphatic heterocycles. The molecule has 1 atom stereocenters. The molecule has 1 saturated carbocycles. The van der Waals surface area contributed by atoms with E-state index in [1.54, 1.807) is 5.20 Å². The molecular weight excluding hydrogens is 236 g/mol. The van der Waals surface area contributed by atoms with E-state index in [1.807, 2.05) is 0 Å². The van der Waals surface area contributed by atoms with Crippen LogP contribution >= 0.6 is 0 Å². The maximum atomic E-state index is 12.7. The van der Waals surface area contributed by atoms with Crippen LogP contribution in [-0.4, -0.2) is 13.9 Å². The van der Waals surface area contributed by atoms with Crippen LogP contribution in [0, 0.1) is 10.8 Å². The molecule has 2 aliphatic rings. The Morgan fingerprint density at radius 2 is 1.72 bits per heavy atom. The summed E-state index contributed by atoms with van der Waals surface area (Å²) in [6.45, 7) is 14.2. The summed E-state index contributed by atoms with van der Waals surface area (Å²) in [5.74, 6) is 0.532. The summed E-state index contributed by atoms with van der Waals surface area (Å²) in [7, 11) is -1.29. The first-order valence-corrected chi connectivity index (χ1v) is 10.9. The molecule has 2 rings (SSSR count). The number of rotatable bonds is 1. The van der Waals surface area contributed by atoms with Crippen LogP contribution in [0.3, 0.4) is 0 Å². The maximum Gasteiger partial charge on any atom is 0.143 e. The Labute approximate surface area is 113 Å². The molecule has 0 aromatic heterocycles. The first kappa shape index (κ1) is 14.0. The molecule has 0 amide bonds. The van der Waals surface area contributed by atoms with Crippen molar-refractivity contribution < 1.29 is 4.79 Å². The van der Waals surface area contributed by atoms with E-state index in [0.29, 0.717) is 5.78 Å². The molecule has 0 aromatic rings. The van der Waals surface area contributed by atoms with Gasteiger partial charge in [0.25, 0.3) is 0 Å². The van der Waals surface area contributed by atoms with Crippen LogP contribution < -0.4 is 0 Å². The van der Waals surface area contributed by atoms with Crippen molar-refractivity contribution in [2.75, 3.05) is 0 Å². The fourth-order valence-corrected chi connectivity index (χ4v) is 6.77. The Bertz CT molecular complexity index is 411. The van der Waals surface area contributed by atoms with Gasteiger partial charge in [-0.3, -0.25) is 4.79 Å². The molecule has 1 unspecified atom stereocenters. The SMILES string of the molecule is CC1=C([Si](C)(C)C)CC(C)(C)C12CCCCC2=O. The third-order valence-electron chi connectivity index (χ3n) is 5.45. The van der Waals surface area contributed by atoms with Crippen LogP contribution in [0.2, 0.25) is 19.6 Å². The van der Waals surface area contributed by atoms with Crippen molar-refractivity contribution in [1.82, 2.24) is 0 Å². The van der Waals surface area contributed by atoms with Gasteiger partial charge in [-0.25, -0.2) is 0 Å². The fourth-order valence-electron chi connectivity index (χ4n) is 4.46. The van der Waals surface area contributed by atoms with Crippen molar-refractivity contribution in [3.8, 4) is 0 Å². The summed E-state index contributed by atoms with van der Waals surface area (Å²) >= 11 is 0. The Kier molecular flexibility index (Phi) is 3.17. The zero-order valence-electron chi connectivity index (χ0n) is 12.9. The van der Waals surface area contributed by atoms with Crippen LogP contribution in [-0.2, 0) is 4.79 Å². The Morgan fingerprint density at radius 1 is 1.11 bits per heavy atom. The van der Waals surface area contributed by atoms with E-state index in [-0.39, 0.29) is 10.8 Å². The molecule has 2 heteroatoms. The highest BCUT2D eigenvalue weighted by atomic mass is 28.3. The summed E-state index contributed by atoms with van der Waals surface area (Å²) in [5, 5.41) is 1.67. The maximum absolute atomic E-state index is 12.7. The number of hydrogen-bond acceptors (Lipinski definition) is 1. The minimum Gasteiger partial charge on any atom is -0.299 e. The molecule has 0 bridgehead atoms. The second-order valence-corrected chi connectivity index (χ2v) is 13.1. The summed E-state index contributed by atoms with van der Waals surface area (Å²) in [6.07, 6.45) is 5.39. The number of carbonyl (C=O) groups is 1. The largest absolute Gasteiger partial charge is 0.299 e. The van der Waals surface area contributed by atoms with Gasteiger partial charge in [-0.15, -0.1) is 0 Å². The summed E-state index contributed by atoms with van der Waals surface area (Å²) in [6, 6.07) is 0. The molecule has 1 nitrogen and oxygen atoms in total. The van der Waals surface area contributed by atoms with Crippen LogP contribution in [0.1, 0.15) is 52.9 Å². The highest BCUT2D eigenvalue weighted by Gasteiger charge is 2.57. The van der Waals surface area contributed by atoms with E-state index < -0.39 is 8.07 Å². The quantitative estimate of drug-likeness (QED) is 0.625. The third kappa shape index (κ3) is 1.76. The standard InChI is InChI=1S/C16H28OSi/c1-12-13(18(4,5)6)11-15(2,3)16(12)10-8-7-9-14(16)17/h7-11H2,1-6H3. The van der Waals surface area contributed by atoms with Gasteiger partial charge in [0.15, 0.2) is 0 Å². The molecule has 18 heavy (non-hydrogen) atoms. The van der Waals surface area contributed by atoms with Crippen LogP contribution in [0.5, 0.6) is 0 Å². The van der Waals surface area contributed by atoms with Gasteiger partial charge in [0.2, 0.25) is 0 Å². The van der Waals surface area contributed by atoms with Crippen LogP contribution in [0.4, 0.5) is 0 Å². The lowest BCUT2D eigenvalue weighted by molar-refractivity contribution is -0.134. The molecule has 0 radical (unpaired) electrons. The first-order valence-electron chi connectivity index (χ1n) is 7.37. The highest BCUT2D eigenvalue weighted by molar-refractivity contribution is 6.83. The van der Waals surface area contributed by atoms with E-state index in [4.69, 9.17) is 0 Å². The van der Waals surface area contributed by atoms with E-state index in [9.17, 15) is 4.79 Å². The van der Waals surface area contributed by atoms with Gasteiger partial charge in [-0.2, -0.15) is 0 Å². The van der Waals surface area contributed by atoms with Gasteiger partial charge in [-0.05, 0) is 31.6 Å². The van der Waals surface area contributed by atoms with Crippen molar-refractivity contribution in [2.45, 2.75) is 72.5 Å². The molecule has 102 valence electrons. The molecule has 0 N–H and O–H groups in total. The monoisotopic (exact) mass is 264 g/mol. The van der Waals surface area contributed by atoms with Crippen LogP contribution in [0.15, 0.2) is 10.8 Å². The zero-order chi connectivity index (χ0) is 13.8. The second-order valence-electron chi connectivity index (χ2n) is 7.95. The Morgan fingerprint density at radius 3 is 2.17 bits per heavy atom. The van der Waals surface area contributed by atoms with Gasteiger partial charge >= 0.3 is 0 Å². The molecule has 0 aromatic carbocycles. The molecule has 0 heterocycles. The fraction of sp³-hybridized carbons (Fsp3) is 0.812. The first-order chi connectivity index (χ1) is 8.13. The Balaban J connectivity index is 2.57. The lowest BCUT2D eigenvalue weighted by atomic mass is 9.57. The minimum atomic E-state index is -1.29. The van der Waals surface area contributed by atoms with Crippen molar-refractivity contribution in [2.24, 2.45) is 10.8 Å². The lowest BCUT2D eigenvalue weighted by Gasteiger charge is -2.44. The van der Waals surface area contributed by atoms with E-state index in [1.165, 1.54) is 12.0 Å². The van der Waals surface area contributed by atoms with Gasteiger partial charge in [0.1, 0.15) is 5.78 Å². The van der Waals surface area contributed by atoms with Crippen molar-refractivity contribution in [1.29, 1.82) is 0 Å². The average Bonchev–Trinajstić information content (AvgIpc) is 2.43. The smallest absolute Gasteiger partial charge is 0.143 e. The molecule has 1 spiro atoms. The second kappa shape index (κ2) is 4.06. The van der Waals surface area contributed by atoms with Crippen molar-refractivity contribution in [3.05, 3.63) is 10.8 Å². The molecular formula is C16H28OSi. The summed E-state index contributed by atoms with van der Waals surface area (Å²) < 4.78 is 0. The predicted octanol–water partition coefficient (Wildman–Crippen LogP) is 4.74. The van der Waals surface area contributed by atoms with Gasteiger partial charge in [0.05, 0.1) is 13.5 Å². The number of hydrogen-bond donors (Lipinski definition) is 0.